The van der Waals surface area contributed by atoms with Crippen LogP contribution in [0.3, 0.4) is 0 Å². The molecule has 6 heteroatoms. The molecule has 2 heterocycles. The van der Waals surface area contributed by atoms with Crippen molar-refractivity contribution < 1.29 is 0 Å². The van der Waals surface area contributed by atoms with Crippen LogP contribution in [0.15, 0.2) is 47.2 Å². The number of pyridine rings is 1. The molecule has 1 N–H and O–H groups in total. The van der Waals surface area contributed by atoms with Gasteiger partial charge in [-0.1, -0.05) is 12.1 Å². The van der Waals surface area contributed by atoms with E-state index in [-0.39, 0.29) is 0 Å². The maximum absolute atomic E-state index is 5.36. The molecular formula is C14H11BrN4S. The van der Waals surface area contributed by atoms with Crippen molar-refractivity contribution in [3.8, 4) is 17.1 Å². The van der Waals surface area contributed by atoms with Crippen molar-refractivity contribution >= 4 is 28.1 Å². The van der Waals surface area contributed by atoms with Gasteiger partial charge in [-0.25, -0.2) is 0 Å². The summed E-state index contributed by atoms with van der Waals surface area (Å²) in [5.41, 5.74) is 3.01. The van der Waals surface area contributed by atoms with Crippen LogP contribution in [0.25, 0.3) is 17.1 Å². The lowest BCUT2D eigenvalue weighted by molar-refractivity contribution is 1.02. The highest BCUT2D eigenvalue weighted by molar-refractivity contribution is 9.10. The lowest BCUT2D eigenvalue weighted by Gasteiger charge is -2.10. The number of halogens is 1. The summed E-state index contributed by atoms with van der Waals surface area (Å²) in [6.07, 6.45) is 3.50. The van der Waals surface area contributed by atoms with Crippen molar-refractivity contribution in [2.75, 3.05) is 0 Å². The maximum atomic E-state index is 5.36. The van der Waals surface area contributed by atoms with Gasteiger partial charge in [-0.2, -0.15) is 5.10 Å². The quantitative estimate of drug-likeness (QED) is 0.711. The Bertz CT molecular complexity index is 808. The average Bonchev–Trinajstić information content (AvgIpc) is 2.85. The molecule has 0 spiro atoms. The van der Waals surface area contributed by atoms with Crippen molar-refractivity contribution in [1.29, 1.82) is 0 Å². The number of nitrogens with one attached hydrogen (secondary N) is 1. The van der Waals surface area contributed by atoms with E-state index in [0.29, 0.717) is 4.77 Å². The van der Waals surface area contributed by atoms with Crippen LogP contribution in [-0.2, 0) is 0 Å². The average molecular weight is 347 g/mol. The van der Waals surface area contributed by atoms with Crippen LogP contribution < -0.4 is 0 Å². The monoisotopic (exact) mass is 346 g/mol. The second-order valence-corrected chi connectivity index (χ2v) is 5.52. The van der Waals surface area contributed by atoms with Crippen molar-refractivity contribution in [2.45, 2.75) is 6.92 Å². The van der Waals surface area contributed by atoms with Gasteiger partial charge in [0.2, 0.25) is 0 Å². The SMILES string of the molecule is Cc1cccc(-n2c(-c3cccnc3)n[nH]c2=S)c1Br. The Kier molecular flexibility index (Phi) is 3.50. The Morgan fingerprint density at radius 3 is 2.85 bits per heavy atom. The van der Waals surface area contributed by atoms with Crippen LogP contribution in [0.2, 0.25) is 0 Å². The highest BCUT2D eigenvalue weighted by Crippen LogP contribution is 2.28. The van der Waals surface area contributed by atoms with Crippen molar-refractivity contribution in [3.63, 3.8) is 0 Å². The lowest BCUT2D eigenvalue weighted by Crippen LogP contribution is -2.00. The van der Waals surface area contributed by atoms with Gasteiger partial charge in [-0.05, 0) is 58.8 Å². The number of nitrogens with zero attached hydrogens (tertiary/aromatic N) is 3. The van der Waals surface area contributed by atoms with E-state index in [0.717, 1.165) is 27.1 Å². The van der Waals surface area contributed by atoms with Crippen molar-refractivity contribution in [3.05, 3.63) is 57.5 Å². The van der Waals surface area contributed by atoms with E-state index in [1.807, 2.05) is 41.8 Å². The molecule has 100 valence electrons. The fourth-order valence-electron chi connectivity index (χ4n) is 2.01. The second kappa shape index (κ2) is 5.30. The Morgan fingerprint density at radius 2 is 2.10 bits per heavy atom. The Hall–Kier alpha value is -1.79. The summed E-state index contributed by atoms with van der Waals surface area (Å²) in [5.74, 6) is 0.745. The first-order valence-corrected chi connectivity index (χ1v) is 7.22. The summed E-state index contributed by atoms with van der Waals surface area (Å²) in [6.45, 7) is 2.04. The molecule has 0 aliphatic rings. The predicted octanol–water partition coefficient (Wildman–Crippen LogP) is 4.06. The number of aryl methyl sites for hydroxylation is 1. The third kappa shape index (κ3) is 2.21. The molecule has 0 saturated heterocycles. The fourth-order valence-corrected chi connectivity index (χ4v) is 2.69. The summed E-state index contributed by atoms with van der Waals surface area (Å²) < 4.78 is 3.46. The van der Waals surface area contributed by atoms with Crippen LogP contribution in [-0.4, -0.2) is 19.7 Å². The zero-order valence-electron chi connectivity index (χ0n) is 10.7. The van der Waals surface area contributed by atoms with Crippen molar-refractivity contribution in [1.82, 2.24) is 19.7 Å². The fraction of sp³-hybridized carbons (Fsp3) is 0.0714. The molecule has 20 heavy (non-hydrogen) atoms. The number of aromatic amines is 1. The van der Waals surface area contributed by atoms with E-state index in [1.54, 1.807) is 12.4 Å². The molecule has 0 bridgehead atoms. The van der Waals surface area contributed by atoms with Crippen LogP contribution in [0.5, 0.6) is 0 Å². The largest absolute Gasteiger partial charge is 0.267 e. The third-order valence-electron chi connectivity index (χ3n) is 3.00. The topological polar surface area (TPSA) is 46.5 Å². The molecule has 3 rings (SSSR count). The minimum atomic E-state index is 0.551. The molecular weight excluding hydrogens is 336 g/mol. The van der Waals surface area contributed by atoms with Gasteiger partial charge in [-0.3, -0.25) is 14.6 Å². The van der Waals surface area contributed by atoms with E-state index < -0.39 is 0 Å². The molecule has 2 aromatic heterocycles. The number of hydrogen-bond donors (Lipinski definition) is 1. The van der Waals surface area contributed by atoms with E-state index in [1.165, 1.54) is 0 Å². The lowest BCUT2D eigenvalue weighted by atomic mass is 10.2. The van der Waals surface area contributed by atoms with Gasteiger partial charge in [0.1, 0.15) is 0 Å². The maximum Gasteiger partial charge on any atom is 0.200 e. The number of benzene rings is 1. The molecule has 0 aliphatic carbocycles. The van der Waals surface area contributed by atoms with Crippen LogP contribution in [0.4, 0.5) is 0 Å². The minimum Gasteiger partial charge on any atom is -0.267 e. The summed E-state index contributed by atoms with van der Waals surface area (Å²) in [5, 5.41) is 7.17. The smallest absolute Gasteiger partial charge is 0.200 e. The van der Waals surface area contributed by atoms with E-state index >= 15 is 0 Å². The molecule has 4 nitrogen and oxygen atoms in total. The zero-order valence-corrected chi connectivity index (χ0v) is 13.1. The van der Waals surface area contributed by atoms with Gasteiger partial charge in [0.05, 0.1) is 5.69 Å². The van der Waals surface area contributed by atoms with Crippen LogP contribution in [0.1, 0.15) is 5.56 Å². The van der Waals surface area contributed by atoms with Gasteiger partial charge >= 0.3 is 0 Å². The van der Waals surface area contributed by atoms with E-state index in [4.69, 9.17) is 12.2 Å². The molecule has 0 saturated carbocycles. The van der Waals surface area contributed by atoms with E-state index in [9.17, 15) is 0 Å². The molecule has 0 fully saturated rings. The summed E-state index contributed by atoms with van der Waals surface area (Å²) >= 11 is 8.98. The second-order valence-electron chi connectivity index (χ2n) is 4.34. The standard InChI is InChI=1S/C14H11BrN4S/c1-9-4-2-6-11(12(9)15)19-13(17-18-14(19)20)10-5-3-7-16-8-10/h2-8H,1H3,(H,18,20). The van der Waals surface area contributed by atoms with Gasteiger partial charge in [0.15, 0.2) is 10.6 Å². The number of H-pyrrole nitrogens is 1. The highest BCUT2D eigenvalue weighted by Gasteiger charge is 2.13. The number of hydrogen-bond acceptors (Lipinski definition) is 3. The van der Waals surface area contributed by atoms with E-state index in [2.05, 4.69) is 31.1 Å². The number of rotatable bonds is 2. The van der Waals surface area contributed by atoms with Gasteiger partial charge in [-0.15, -0.1) is 0 Å². The van der Waals surface area contributed by atoms with Gasteiger partial charge in [0, 0.05) is 22.4 Å². The predicted molar refractivity (Wildman–Crippen MR) is 84.4 cm³/mol. The van der Waals surface area contributed by atoms with Crippen LogP contribution >= 0.6 is 28.1 Å². The van der Waals surface area contributed by atoms with Gasteiger partial charge in [0.25, 0.3) is 0 Å². The first-order chi connectivity index (χ1) is 9.68. The highest BCUT2D eigenvalue weighted by atomic mass is 79.9. The number of aromatic nitrogens is 4. The zero-order chi connectivity index (χ0) is 14.1. The molecule has 0 radical (unpaired) electrons. The summed E-state index contributed by atoms with van der Waals surface area (Å²) in [4.78, 5) is 4.13. The van der Waals surface area contributed by atoms with Gasteiger partial charge < -0.3 is 0 Å². The molecule has 1 aromatic carbocycles. The minimum absolute atomic E-state index is 0.551. The normalized spacial score (nSPS) is 10.7. The van der Waals surface area contributed by atoms with Crippen molar-refractivity contribution in [2.24, 2.45) is 0 Å². The Balaban J connectivity index is 2.28. The first-order valence-electron chi connectivity index (χ1n) is 6.02. The molecule has 0 unspecified atom stereocenters. The summed E-state index contributed by atoms with van der Waals surface area (Å²) in [7, 11) is 0. The first kappa shape index (κ1) is 13.2. The molecule has 3 aromatic rings. The molecule has 0 aliphatic heterocycles. The Morgan fingerprint density at radius 1 is 1.25 bits per heavy atom. The summed E-state index contributed by atoms with van der Waals surface area (Å²) in [6, 6.07) is 9.88. The Labute approximate surface area is 129 Å². The third-order valence-corrected chi connectivity index (χ3v) is 4.31. The van der Waals surface area contributed by atoms with Crippen LogP contribution in [0, 0.1) is 11.7 Å². The molecule has 0 atom stereocenters. The molecule has 0 amide bonds.